The van der Waals surface area contributed by atoms with Crippen LogP contribution in [-0.2, 0) is 12.8 Å². The van der Waals surface area contributed by atoms with E-state index in [1.165, 1.54) is 24.0 Å². The summed E-state index contributed by atoms with van der Waals surface area (Å²) >= 11 is 5.58. The van der Waals surface area contributed by atoms with Crippen LogP contribution < -0.4 is 0 Å². The lowest BCUT2D eigenvalue weighted by Crippen LogP contribution is -2.11. The highest BCUT2D eigenvalue weighted by atomic mass is 35.5. The molecule has 0 saturated heterocycles. The molecule has 0 radical (unpaired) electrons. The molecule has 0 atom stereocenters. The van der Waals surface area contributed by atoms with Gasteiger partial charge < -0.3 is 0 Å². The average molecular weight is 209 g/mol. The molecule has 0 amide bonds. The highest BCUT2D eigenvalue weighted by Gasteiger charge is 2.16. The van der Waals surface area contributed by atoms with Crippen LogP contribution in [0.2, 0.25) is 0 Å². The van der Waals surface area contributed by atoms with Crippen molar-refractivity contribution >= 4 is 17.4 Å². The maximum atomic E-state index is 11.6. The Morgan fingerprint density at radius 2 is 2.07 bits per heavy atom. The number of aryl methyl sites for hydroxylation is 1. The zero-order valence-electron chi connectivity index (χ0n) is 8.05. The van der Waals surface area contributed by atoms with Gasteiger partial charge in [-0.15, -0.1) is 11.6 Å². The summed E-state index contributed by atoms with van der Waals surface area (Å²) in [5.41, 5.74) is 3.42. The molecule has 0 spiro atoms. The molecule has 1 aliphatic rings. The predicted octanol–water partition coefficient (Wildman–Crippen LogP) is 2.99. The lowest BCUT2D eigenvalue weighted by molar-refractivity contribution is 0.102. The number of hydrogen-bond donors (Lipinski definition) is 0. The van der Waals surface area contributed by atoms with Crippen LogP contribution in [0.25, 0.3) is 0 Å². The number of hydrogen-bond acceptors (Lipinski definition) is 1. The van der Waals surface area contributed by atoms with Crippen molar-refractivity contribution in [3.05, 3.63) is 34.9 Å². The zero-order chi connectivity index (χ0) is 9.97. The van der Waals surface area contributed by atoms with Crippen molar-refractivity contribution in [2.45, 2.75) is 25.7 Å². The maximum Gasteiger partial charge on any atom is 0.177 e. The van der Waals surface area contributed by atoms with Crippen molar-refractivity contribution in [3.63, 3.8) is 0 Å². The second-order valence-corrected chi connectivity index (χ2v) is 3.97. The minimum Gasteiger partial charge on any atom is -0.293 e. The lowest BCUT2D eigenvalue weighted by Gasteiger charge is -2.18. The summed E-state index contributed by atoms with van der Waals surface area (Å²) in [7, 11) is 0. The molecular formula is C12H13ClO. The van der Waals surface area contributed by atoms with E-state index in [2.05, 4.69) is 6.07 Å². The summed E-state index contributed by atoms with van der Waals surface area (Å²) in [5.74, 6) is 0.154. The van der Waals surface area contributed by atoms with Crippen molar-refractivity contribution in [1.82, 2.24) is 0 Å². The summed E-state index contributed by atoms with van der Waals surface area (Å²) in [4.78, 5) is 11.6. The Labute approximate surface area is 89.1 Å². The van der Waals surface area contributed by atoms with E-state index in [1.807, 2.05) is 12.1 Å². The third-order valence-electron chi connectivity index (χ3n) is 2.82. The van der Waals surface area contributed by atoms with E-state index in [0.717, 1.165) is 18.4 Å². The second-order valence-electron chi connectivity index (χ2n) is 3.71. The largest absolute Gasteiger partial charge is 0.293 e. The van der Waals surface area contributed by atoms with Crippen LogP contribution in [-0.4, -0.2) is 11.7 Å². The monoisotopic (exact) mass is 208 g/mol. The maximum absolute atomic E-state index is 11.6. The van der Waals surface area contributed by atoms with Crippen LogP contribution >= 0.6 is 11.6 Å². The molecule has 1 aromatic rings. The summed E-state index contributed by atoms with van der Waals surface area (Å²) in [6.45, 7) is 0. The van der Waals surface area contributed by atoms with Crippen molar-refractivity contribution in [2.24, 2.45) is 0 Å². The molecule has 0 heterocycles. The summed E-state index contributed by atoms with van der Waals surface area (Å²) in [6, 6.07) is 5.98. The zero-order valence-corrected chi connectivity index (χ0v) is 8.81. The number of carbonyl (C=O) groups is 1. The molecule has 0 N–H and O–H groups in total. The second kappa shape index (κ2) is 4.14. The molecule has 0 fully saturated rings. The summed E-state index contributed by atoms with van der Waals surface area (Å²) in [6.07, 6.45) is 4.58. The van der Waals surface area contributed by atoms with Gasteiger partial charge in [0.2, 0.25) is 0 Å². The Kier molecular flexibility index (Phi) is 2.87. The standard InChI is InChI=1S/C12H13ClO/c13-8-12(14)11-7-3-5-9-4-1-2-6-10(9)11/h3,5,7H,1-2,4,6,8H2. The number of ketones is 1. The Balaban J connectivity index is 2.45. The summed E-state index contributed by atoms with van der Waals surface area (Å²) < 4.78 is 0. The van der Waals surface area contributed by atoms with Crippen LogP contribution in [0.15, 0.2) is 18.2 Å². The van der Waals surface area contributed by atoms with Gasteiger partial charge in [-0.05, 0) is 36.8 Å². The van der Waals surface area contributed by atoms with E-state index in [9.17, 15) is 4.79 Å². The van der Waals surface area contributed by atoms with E-state index >= 15 is 0 Å². The van der Waals surface area contributed by atoms with Crippen molar-refractivity contribution < 1.29 is 4.79 Å². The first-order chi connectivity index (χ1) is 6.83. The molecule has 1 aromatic carbocycles. The number of alkyl halides is 1. The van der Waals surface area contributed by atoms with Gasteiger partial charge in [-0.1, -0.05) is 18.2 Å². The van der Waals surface area contributed by atoms with Crippen LogP contribution in [0.3, 0.4) is 0 Å². The van der Waals surface area contributed by atoms with Gasteiger partial charge in [0.05, 0.1) is 5.88 Å². The van der Waals surface area contributed by atoms with Gasteiger partial charge in [-0.25, -0.2) is 0 Å². The van der Waals surface area contributed by atoms with Gasteiger partial charge in [0, 0.05) is 5.56 Å². The van der Waals surface area contributed by atoms with E-state index in [0.29, 0.717) is 0 Å². The fraction of sp³-hybridized carbons (Fsp3) is 0.417. The van der Waals surface area contributed by atoms with Gasteiger partial charge in [-0.3, -0.25) is 4.79 Å². The normalized spacial score (nSPS) is 14.9. The molecule has 2 heteroatoms. The van der Waals surface area contributed by atoms with Crippen LogP contribution in [0, 0.1) is 0 Å². The van der Waals surface area contributed by atoms with Gasteiger partial charge in [0.15, 0.2) is 5.78 Å². The minimum absolute atomic E-state index is 0.0606. The van der Waals surface area contributed by atoms with E-state index < -0.39 is 0 Å². The van der Waals surface area contributed by atoms with Crippen molar-refractivity contribution in [3.8, 4) is 0 Å². The first-order valence-corrected chi connectivity index (χ1v) is 5.56. The molecule has 0 saturated carbocycles. The number of carbonyl (C=O) groups excluding carboxylic acids is 1. The van der Waals surface area contributed by atoms with Gasteiger partial charge in [-0.2, -0.15) is 0 Å². The molecule has 0 bridgehead atoms. The van der Waals surface area contributed by atoms with Gasteiger partial charge in [0.25, 0.3) is 0 Å². The third-order valence-corrected chi connectivity index (χ3v) is 3.06. The quantitative estimate of drug-likeness (QED) is 0.540. The van der Waals surface area contributed by atoms with Crippen molar-refractivity contribution in [2.75, 3.05) is 5.88 Å². The molecule has 0 aliphatic heterocycles. The molecule has 2 rings (SSSR count). The molecule has 1 nitrogen and oxygen atoms in total. The van der Waals surface area contributed by atoms with Crippen molar-refractivity contribution in [1.29, 1.82) is 0 Å². The molecular weight excluding hydrogens is 196 g/mol. The first kappa shape index (κ1) is 9.72. The Bertz CT molecular complexity index is 357. The molecule has 74 valence electrons. The van der Waals surface area contributed by atoms with E-state index in [-0.39, 0.29) is 11.7 Å². The number of Topliss-reactive ketones (excluding diaryl/α,β-unsaturated/α-hetero) is 1. The Morgan fingerprint density at radius 1 is 1.29 bits per heavy atom. The third kappa shape index (κ3) is 1.69. The highest BCUT2D eigenvalue weighted by Crippen LogP contribution is 2.24. The number of benzene rings is 1. The summed E-state index contributed by atoms with van der Waals surface area (Å²) in [5, 5.41) is 0. The smallest absolute Gasteiger partial charge is 0.177 e. The predicted molar refractivity (Wildman–Crippen MR) is 58.1 cm³/mol. The first-order valence-electron chi connectivity index (χ1n) is 5.03. The molecule has 0 aromatic heterocycles. The van der Waals surface area contributed by atoms with Crippen LogP contribution in [0.5, 0.6) is 0 Å². The fourth-order valence-corrected chi connectivity index (χ4v) is 2.26. The van der Waals surface area contributed by atoms with Crippen LogP contribution in [0.1, 0.15) is 34.3 Å². The van der Waals surface area contributed by atoms with E-state index in [1.54, 1.807) is 0 Å². The Morgan fingerprint density at radius 3 is 2.86 bits per heavy atom. The SMILES string of the molecule is O=C(CCl)c1cccc2c1CCCC2. The highest BCUT2D eigenvalue weighted by molar-refractivity contribution is 6.30. The van der Waals surface area contributed by atoms with Gasteiger partial charge in [0.1, 0.15) is 0 Å². The number of fused-ring (bicyclic) bond motifs is 1. The lowest BCUT2D eigenvalue weighted by atomic mass is 9.87. The van der Waals surface area contributed by atoms with E-state index in [4.69, 9.17) is 11.6 Å². The molecule has 0 unspecified atom stereocenters. The molecule has 1 aliphatic carbocycles. The van der Waals surface area contributed by atoms with Crippen LogP contribution in [0.4, 0.5) is 0 Å². The minimum atomic E-state index is 0.0606. The van der Waals surface area contributed by atoms with Gasteiger partial charge >= 0.3 is 0 Å². The number of halogens is 1. The topological polar surface area (TPSA) is 17.1 Å². The average Bonchev–Trinajstić information content (AvgIpc) is 2.27. The Hall–Kier alpha value is -0.820. The fourth-order valence-electron chi connectivity index (χ4n) is 2.11. The molecule has 14 heavy (non-hydrogen) atoms. The number of rotatable bonds is 2.